The van der Waals surface area contributed by atoms with Crippen molar-refractivity contribution in [3.63, 3.8) is 0 Å². The first-order valence-corrected chi connectivity index (χ1v) is 10.7. The van der Waals surface area contributed by atoms with E-state index in [9.17, 15) is 13.2 Å². The highest BCUT2D eigenvalue weighted by molar-refractivity contribution is 7.89. The van der Waals surface area contributed by atoms with Gasteiger partial charge in [0.15, 0.2) is 0 Å². The van der Waals surface area contributed by atoms with Crippen LogP contribution in [-0.2, 0) is 16.4 Å². The van der Waals surface area contributed by atoms with E-state index < -0.39 is 10.0 Å². The van der Waals surface area contributed by atoms with E-state index >= 15 is 0 Å². The number of benzene rings is 3. The fraction of sp³-hybridized carbons (Fsp3) is 0.136. The molecule has 0 aliphatic carbocycles. The van der Waals surface area contributed by atoms with Gasteiger partial charge in [-0.1, -0.05) is 30.3 Å². The average Bonchev–Trinajstić information content (AvgIpc) is 2.76. The Labute approximate surface area is 171 Å². The van der Waals surface area contributed by atoms with E-state index in [4.69, 9.17) is 0 Å². The quantitative estimate of drug-likeness (QED) is 0.531. The number of anilines is 2. The lowest BCUT2D eigenvalue weighted by atomic mass is 10.1. The average molecular weight is 410 g/mol. The van der Waals surface area contributed by atoms with Gasteiger partial charge in [0.25, 0.3) is 5.91 Å². The normalized spacial score (nSPS) is 11.1. The summed E-state index contributed by atoms with van der Waals surface area (Å²) >= 11 is 0. The molecule has 0 spiro atoms. The molecule has 0 saturated heterocycles. The molecule has 0 aromatic heterocycles. The van der Waals surface area contributed by atoms with E-state index in [2.05, 4.69) is 27.5 Å². The minimum Gasteiger partial charge on any atom is -0.385 e. The van der Waals surface area contributed by atoms with Crippen LogP contribution >= 0.6 is 0 Å². The van der Waals surface area contributed by atoms with Crippen LogP contribution in [0.15, 0.2) is 83.8 Å². The Morgan fingerprint density at radius 2 is 1.45 bits per heavy atom. The third-order valence-corrected chi connectivity index (χ3v) is 5.85. The molecule has 6 nitrogen and oxygen atoms in total. The second-order valence-corrected chi connectivity index (χ2v) is 8.31. The molecule has 0 heterocycles. The van der Waals surface area contributed by atoms with Gasteiger partial charge in [0, 0.05) is 23.5 Å². The van der Waals surface area contributed by atoms with Crippen molar-refractivity contribution in [2.45, 2.75) is 11.3 Å². The van der Waals surface area contributed by atoms with Crippen molar-refractivity contribution in [1.29, 1.82) is 0 Å². The molecule has 0 saturated carbocycles. The molecular formula is C22H23N3O3S. The van der Waals surface area contributed by atoms with Gasteiger partial charge < -0.3 is 10.6 Å². The molecule has 0 aliphatic rings. The molecule has 29 heavy (non-hydrogen) atoms. The molecule has 0 radical (unpaired) electrons. The van der Waals surface area contributed by atoms with E-state index in [1.165, 1.54) is 36.9 Å². The molecular weight excluding hydrogens is 386 g/mol. The second-order valence-electron chi connectivity index (χ2n) is 6.43. The zero-order valence-electron chi connectivity index (χ0n) is 16.1. The number of hydrogen-bond donors (Lipinski definition) is 3. The zero-order valence-corrected chi connectivity index (χ0v) is 16.9. The van der Waals surface area contributed by atoms with Gasteiger partial charge in [0.2, 0.25) is 10.0 Å². The second kappa shape index (κ2) is 9.36. The first-order chi connectivity index (χ1) is 14.0. The molecule has 0 atom stereocenters. The molecule has 7 heteroatoms. The highest BCUT2D eigenvalue weighted by atomic mass is 32.2. The number of sulfonamides is 1. The predicted octanol–water partition coefficient (Wildman–Crippen LogP) is 3.50. The Hall–Kier alpha value is -3.16. The molecule has 0 aliphatic heterocycles. The van der Waals surface area contributed by atoms with Gasteiger partial charge >= 0.3 is 0 Å². The Morgan fingerprint density at radius 1 is 0.828 bits per heavy atom. The molecule has 0 fully saturated rings. The van der Waals surface area contributed by atoms with Crippen LogP contribution in [0.5, 0.6) is 0 Å². The highest BCUT2D eigenvalue weighted by Gasteiger charge is 2.12. The van der Waals surface area contributed by atoms with Gasteiger partial charge in [-0.25, -0.2) is 13.1 Å². The maximum Gasteiger partial charge on any atom is 0.255 e. The number of nitrogens with one attached hydrogen (secondary N) is 3. The third-order valence-electron chi connectivity index (χ3n) is 4.42. The van der Waals surface area contributed by atoms with Gasteiger partial charge in [-0.15, -0.1) is 0 Å². The van der Waals surface area contributed by atoms with E-state index in [1.807, 2.05) is 42.5 Å². The summed E-state index contributed by atoms with van der Waals surface area (Å²) in [6, 6.07) is 23.5. The molecule has 3 aromatic carbocycles. The summed E-state index contributed by atoms with van der Waals surface area (Å²) in [5.41, 5.74) is 3.29. The first-order valence-electron chi connectivity index (χ1n) is 9.21. The summed E-state index contributed by atoms with van der Waals surface area (Å²) in [7, 11) is -2.18. The SMILES string of the molecule is CNS(=O)(=O)c1ccc(C(=O)Nc2ccc(NCCc3ccccc3)cc2)cc1. The van der Waals surface area contributed by atoms with Crippen LogP contribution in [0.3, 0.4) is 0 Å². The van der Waals surface area contributed by atoms with Crippen LogP contribution in [-0.4, -0.2) is 27.9 Å². The maximum absolute atomic E-state index is 12.4. The van der Waals surface area contributed by atoms with Crippen molar-refractivity contribution in [3.8, 4) is 0 Å². The van der Waals surface area contributed by atoms with Crippen molar-refractivity contribution in [2.75, 3.05) is 24.2 Å². The lowest BCUT2D eigenvalue weighted by Crippen LogP contribution is -2.19. The maximum atomic E-state index is 12.4. The summed E-state index contributed by atoms with van der Waals surface area (Å²) in [5, 5.41) is 6.16. The Bertz CT molecular complexity index is 1050. The number of carbonyl (C=O) groups excluding carboxylic acids is 1. The topological polar surface area (TPSA) is 87.3 Å². The molecule has 3 rings (SSSR count). The van der Waals surface area contributed by atoms with Crippen LogP contribution in [0.25, 0.3) is 0 Å². The highest BCUT2D eigenvalue weighted by Crippen LogP contribution is 2.16. The van der Waals surface area contributed by atoms with Crippen LogP contribution < -0.4 is 15.4 Å². The van der Waals surface area contributed by atoms with Crippen molar-refractivity contribution in [3.05, 3.63) is 90.0 Å². The lowest BCUT2D eigenvalue weighted by Gasteiger charge is -2.09. The van der Waals surface area contributed by atoms with Gasteiger partial charge in [-0.3, -0.25) is 4.79 Å². The molecule has 0 unspecified atom stereocenters. The summed E-state index contributed by atoms with van der Waals surface area (Å²) in [4.78, 5) is 12.5. The van der Waals surface area contributed by atoms with Crippen molar-refractivity contribution in [1.82, 2.24) is 4.72 Å². The van der Waals surface area contributed by atoms with Gasteiger partial charge in [-0.2, -0.15) is 0 Å². The van der Waals surface area contributed by atoms with Crippen molar-refractivity contribution < 1.29 is 13.2 Å². The molecule has 3 aromatic rings. The Balaban J connectivity index is 1.54. The van der Waals surface area contributed by atoms with E-state index in [0.717, 1.165) is 18.7 Å². The molecule has 150 valence electrons. The smallest absolute Gasteiger partial charge is 0.255 e. The van der Waals surface area contributed by atoms with E-state index in [1.54, 1.807) is 0 Å². The summed E-state index contributed by atoms with van der Waals surface area (Å²) in [6.45, 7) is 0.817. The monoisotopic (exact) mass is 409 g/mol. The van der Waals surface area contributed by atoms with Crippen LogP contribution in [0.1, 0.15) is 15.9 Å². The zero-order chi connectivity index (χ0) is 20.7. The van der Waals surface area contributed by atoms with E-state index in [-0.39, 0.29) is 10.8 Å². The largest absolute Gasteiger partial charge is 0.385 e. The Morgan fingerprint density at radius 3 is 2.07 bits per heavy atom. The van der Waals surface area contributed by atoms with Gasteiger partial charge in [-0.05, 0) is 67.6 Å². The predicted molar refractivity (Wildman–Crippen MR) is 116 cm³/mol. The van der Waals surface area contributed by atoms with Crippen molar-refractivity contribution in [2.24, 2.45) is 0 Å². The summed E-state index contributed by atoms with van der Waals surface area (Å²) in [6.07, 6.45) is 0.929. The molecule has 0 bridgehead atoms. The molecule has 3 N–H and O–H groups in total. The standard InChI is InChI=1S/C22H23N3O3S/c1-23-29(27,28)21-13-7-18(8-14-21)22(26)25-20-11-9-19(10-12-20)24-16-15-17-5-3-2-4-6-17/h2-14,23-24H,15-16H2,1H3,(H,25,26). The van der Waals surface area contributed by atoms with Gasteiger partial charge in [0.05, 0.1) is 4.90 Å². The fourth-order valence-electron chi connectivity index (χ4n) is 2.77. The van der Waals surface area contributed by atoms with Crippen molar-refractivity contribution >= 4 is 27.3 Å². The lowest BCUT2D eigenvalue weighted by molar-refractivity contribution is 0.102. The number of amides is 1. The van der Waals surface area contributed by atoms with Gasteiger partial charge in [0.1, 0.15) is 0 Å². The van der Waals surface area contributed by atoms with E-state index in [0.29, 0.717) is 11.3 Å². The number of carbonyl (C=O) groups is 1. The summed E-state index contributed by atoms with van der Waals surface area (Å²) < 4.78 is 25.7. The van der Waals surface area contributed by atoms with Crippen LogP contribution in [0, 0.1) is 0 Å². The Kier molecular flexibility index (Phi) is 6.64. The molecule has 1 amide bonds. The summed E-state index contributed by atoms with van der Waals surface area (Å²) in [5.74, 6) is -0.303. The minimum absolute atomic E-state index is 0.113. The van der Waals surface area contributed by atoms with Crippen LogP contribution in [0.2, 0.25) is 0 Å². The minimum atomic E-state index is -3.52. The number of hydrogen-bond acceptors (Lipinski definition) is 4. The fourth-order valence-corrected chi connectivity index (χ4v) is 3.50. The first kappa shape index (κ1) is 20.6. The number of rotatable bonds is 8. The van der Waals surface area contributed by atoms with Crippen LogP contribution in [0.4, 0.5) is 11.4 Å². The third kappa shape index (κ3) is 5.66.